The first-order valence-corrected chi connectivity index (χ1v) is 9.06. The minimum atomic E-state index is -2.97. The van der Waals surface area contributed by atoms with Crippen LogP contribution >= 0.6 is 0 Å². The second-order valence-corrected chi connectivity index (χ2v) is 8.09. The summed E-state index contributed by atoms with van der Waals surface area (Å²) in [6.07, 6.45) is 3.59. The van der Waals surface area contributed by atoms with Crippen LogP contribution in [0.2, 0.25) is 0 Å². The van der Waals surface area contributed by atoms with Crippen LogP contribution in [0.15, 0.2) is 0 Å². The molecule has 0 aromatic carbocycles. The number of nitrogens with zero attached hydrogens (tertiary/aromatic N) is 2. The lowest BCUT2D eigenvalue weighted by Crippen LogP contribution is -2.49. The number of sulfone groups is 1. The number of aliphatic hydroxyl groups excluding tert-OH is 1. The van der Waals surface area contributed by atoms with Crippen molar-refractivity contribution >= 4 is 15.7 Å². The third-order valence-corrected chi connectivity index (χ3v) is 6.20. The normalized spacial score (nSPS) is 30.3. The Hall–Kier alpha value is -0.660. The van der Waals surface area contributed by atoms with Gasteiger partial charge in [0.2, 0.25) is 5.91 Å². The van der Waals surface area contributed by atoms with Gasteiger partial charge in [-0.2, -0.15) is 0 Å². The third kappa shape index (κ3) is 3.71. The van der Waals surface area contributed by atoms with Gasteiger partial charge in [0.15, 0.2) is 9.84 Å². The third-order valence-electron chi connectivity index (χ3n) is 4.45. The number of rotatable bonds is 4. The van der Waals surface area contributed by atoms with E-state index in [2.05, 4.69) is 0 Å². The van der Waals surface area contributed by atoms with Crippen molar-refractivity contribution < 1.29 is 18.3 Å². The maximum absolute atomic E-state index is 12.3. The number of carbonyl (C=O) groups is 1. The highest BCUT2D eigenvalue weighted by molar-refractivity contribution is 7.91. The van der Waals surface area contributed by atoms with Crippen LogP contribution in [0.25, 0.3) is 0 Å². The highest BCUT2D eigenvalue weighted by Crippen LogP contribution is 2.19. The van der Waals surface area contributed by atoms with Crippen LogP contribution in [-0.2, 0) is 14.6 Å². The smallest absolute Gasteiger partial charge is 0.236 e. The van der Waals surface area contributed by atoms with Crippen LogP contribution < -0.4 is 0 Å². The molecule has 20 heavy (non-hydrogen) atoms. The van der Waals surface area contributed by atoms with Crippen LogP contribution in [0, 0.1) is 0 Å². The van der Waals surface area contributed by atoms with Gasteiger partial charge in [0.1, 0.15) is 0 Å². The molecule has 0 saturated carbocycles. The van der Waals surface area contributed by atoms with Crippen molar-refractivity contribution in [3.63, 3.8) is 0 Å². The highest BCUT2D eigenvalue weighted by Gasteiger charge is 2.33. The molecule has 7 heteroatoms. The summed E-state index contributed by atoms with van der Waals surface area (Å²) in [5, 5.41) is 9.35. The first-order valence-electron chi connectivity index (χ1n) is 7.24. The predicted molar refractivity (Wildman–Crippen MR) is 76.1 cm³/mol. The predicted octanol–water partition coefficient (Wildman–Crippen LogP) is -0.521. The van der Waals surface area contributed by atoms with Crippen molar-refractivity contribution in [1.29, 1.82) is 0 Å². The Kier molecular flexibility index (Phi) is 5.04. The van der Waals surface area contributed by atoms with Crippen molar-refractivity contribution in [2.45, 2.75) is 37.8 Å². The summed E-state index contributed by atoms with van der Waals surface area (Å²) < 4.78 is 22.9. The number of aliphatic hydroxyl groups is 1. The van der Waals surface area contributed by atoms with E-state index < -0.39 is 9.84 Å². The molecular weight excluding hydrogens is 280 g/mol. The summed E-state index contributed by atoms with van der Waals surface area (Å²) in [6, 6.07) is -0.127. The molecule has 6 nitrogen and oxygen atoms in total. The molecule has 0 bridgehead atoms. The molecule has 2 unspecified atom stereocenters. The molecule has 1 amide bonds. The summed E-state index contributed by atoms with van der Waals surface area (Å²) in [5.41, 5.74) is 0. The molecule has 0 aromatic heterocycles. The Labute approximate surface area is 120 Å². The van der Waals surface area contributed by atoms with Gasteiger partial charge in [0, 0.05) is 19.1 Å². The molecule has 2 saturated heterocycles. The summed E-state index contributed by atoms with van der Waals surface area (Å²) >= 11 is 0. The van der Waals surface area contributed by atoms with E-state index >= 15 is 0 Å². The lowest BCUT2D eigenvalue weighted by molar-refractivity contribution is -0.134. The van der Waals surface area contributed by atoms with E-state index in [1.54, 1.807) is 11.9 Å². The van der Waals surface area contributed by atoms with Crippen molar-refractivity contribution in [3.05, 3.63) is 0 Å². The van der Waals surface area contributed by atoms with Gasteiger partial charge in [0.05, 0.1) is 24.7 Å². The first kappa shape index (κ1) is 15.7. The molecule has 1 N–H and O–H groups in total. The Morgan fingerprint density at radius 2 is 2.10 bits per heavy atom. The lowest BCUT2D eigenvalue weighted by Gasteiger charge is -2.35. The summed E-state index contributed by atoms with van der Waals surface area (Å²) in [4.78, 5) is 15.9. The first-order chi connectivity index (χ1) is 9.43. The second-order valence-electron chi connectivity index (χ2n) is 5.86. The number of likely N-dealkylation sites (tertiary alicyclic amines) is 1. The van der Waals surface area contributed by atoms with E-state index in [0.29, 0.717) is 6.42 Å². The Morgan fingerprint density at radius 3 is 2.70 bits per heavy atom. The zero-order chi connectivity index (χ0) is 14.8. The molecule has 0 aromatic rings. The van der Waals surface area contributed by atoms with Gasteiger partial charge < -0.3 is 10.0 Å². The van der Waals surface area contributed by atoms with Crippen LogP contribution in [0.5, 0.6) is 0 Å². The molecule has 2 rings (SSSR count). The number of likely N-dealkylation sites (N-methyl/N-ethyl adjacent to an activating group) is 1. The van der Waals surface area contributed by atoms with Gasteiger partial charge >= 0.3 is 0 Å². The van der Waals surface area contributed by atoms with Crippen molar-refractivity contribution in [2.24, 2.45) is 0 Å². The standard InChI is InChI=1S/C13H24N2O4S/c1-14(12-5-7-20(18,19)10-12)13(17)8-15-6-3-2-4-11(15)9-16/h11-12,16H,2-10H2,1H3. The number of hydrogen-bond donors (Lipinski definition) is 1. The van der Waals surface area contributed by atoms with Gasteiger partial charge in [-0.05, 0) is 25.8 Å². The van der Waals surface area contributed by atoms with Crippen LogP contribution in [0.1, 0.15) is 25.7 Å². The quantitative estimate of drug-likeness (QED) is 0.756. The number of carbonyl (C=O) groups excluding carboxylic acids is 1. The molecule has 2 aliphatic heterocycles. The second kappa shape index (κ2) is 6.41. The van der Waals surface area contributed by atoms with Gasteiger partial charge in [-0.25, -0.2) is 8.42 Å². The lowest BCUT2D eigenvalue weighted by atomic mass is 10.0. The minimum Gasteiger partial charge on any atom is -0.395 e. The Balaban J connectivity index is 1.90. The van der Waals surface area contributed by atoms with E-state index in [1.807, 2.05) is 4.90 Å². The van der Waals surface area contributed by atoms with E-state index in [1.165, 1.54) is 0 Å². The highest BCUT2D eigenvalue weighted by atomic mass is 32.2. The SMILES string of the molecule is CN(C(=O)CN1CCCCC1CO)C1CCS(=O)(=O)C1. The van der Waals surface area contributed by atoms with Gasteiger partial charge in [-0.1, -0.05) is 6.42 Å². The van der Waals surface area contributed by atoms with Gasteiger partial charge in [0.25, 0.3) is 0 Å². The number of hydrogen-bond acceptors (Lipinski definition) is 5. The number of piperidine rings is 1. The van der Waals surface area contributed by atoms with Crippen molar-refractivity contribution in [1.82, 2.24) is 9.80 Å². The maximum atomic E-state index is 12.3. The molecule has 0 spiro atoms. The molecule has 0 aliphatic carbocycles. The molecule has 0 radical (unpaired) electrons. The minimum absolute atomic E-state index is 0.0487. The number of amides is 1. The summed E-state index contributed by atoms with van der Waals surface area (Å²) in [6.45, 7) is 1.18. The summed E-state index contributed by atoms with van der Waals surface area (Å²) in [7, 11) is -1.28. The van der Waals surface area contributed by atoms with Crippen molar-refractivity contribution in [2.75, 3.05) is 38.2 Å². The Morgan fingerprint density at radius 1 is 1.35 bits per heavy atom. The van der Waals surface area contributed by atoms with Gasteiger partial charge in [-0.3, -0.25) is 9.69 Å². The fourth-order valence-corrected chi connectivity index (χ4v) is 4.82. The van der Waals surface area contributed by atoms with Gasteiger partial charge in [-0.15, -0.1) is 0 Å². The zero-order valence-corrected chi connectivity index (χ0v) is 12.8. The summed E-state index contributed by atoms with van der Waals surface area (Å²) in [5.74, 6) is 0.212. The molecule has 2 aliphatic rings. The molecule has 2 fully saturated rings. The average molecular weight is 304 g/mol. The largest absolute Gasteiger partial charge is 0.395 e. The Bertz CT molecular complexity index is 451. The van der Waals surface area contributed by atoms with E-state index in [4.69, 9.17) is 0 Å². The van der Waals surface area contributed by atoms with E-state index in [0.717, 1.165) is 25.8 Å². The monoisotopic (exact) mass is 304 g/mol. The van der Waals surface area contributed by atoms with Crippen LogP contribution in [-0.4, -0.2) is 79.6 Å². The zero-order valence-electron chi connectivity index (χ0n) is 12.0. The van der Waals surface area contributed by atoms with Crippen LogP contribution in [0.3, 0.4) is 0 Å². The topological polar surface area (TPSA) is 77.9 Å². The molecular formula is C13H24N2O4S. The van der Waals surface area contributed by atoms with Crippen molar-refractivity contribution in [3.8, 4) is 0 Å². The molecule has 2 atom stereocenters. The maximum Gasteiger partial charge on any atom is 0.236 e. The fraction of sp³-hybridized carbons (Fsp3) is 0.923. The average Bonchev–Trinajstić information content (AvgIpc) is 2.78. The van der Waals surface area contributed by atoms with Crippen LogP contribution in [0.4, 0.5) is 0 Å². The molecule has 116 valence electrons. The van der Waals surface area contributed by atoms with E-state index in [9.17, 15) is 18.3 Å². The molecule has 2 heterocycles. The fourth-order valence-electron chi connectivity index (χ4n) is 3.04. The van der Waals surface area contributed by atoms with E-state index in [-0.39, 0.29) is 42.6 Å².